The van der Waals surface area contributed by atoms with Crippen molar-refractivity contribution in [2.24, 2.45) is 5.73 Å². The molecule has 19 heavy (non-hydrogen) atoms. The standard InChI is InChI=1S/C13H16N4O2/c1-8(14)12(18)15-9(2)11-16-13(19-17-11)10-6-4-3-5-7-10/h3-9H,14H2,1-2H3,(H,15,18)/t8-,9?/m1/s1. The SMILES string of the molecule is CC(NC(=O)[C@@H](C)N)c1noc(-c2ccccc2)n1. The van der Waals surface area contributed by atoms with E-state index >= 15 is 0 Å². The Kier molecular flexibility index (Phi) is 3.91. The molecule has 1 amide bonds. The van der Waals surface area contributed by atoms with Crippen molar-refractivity contribution < 1.29 is 9.32 Å². The number of aromatic nitrogens is 2. The van der Waals surface area contributed by atoms with Crippen molar-refractivity contribution in [1.82, 2.24) is 15.5 Å². The number of nitrogens with one attached hydrogen (secondary N) is 1. The molecule has 0 saturated carbocycles. The van der Waals surface area contributed by atoms with Crippen LogP contribution in [0.5, 0.6) is 0 Å². The second-order valence-corrected chi connectivity index (χ2v) is 4.34. The summed E-state index contributed by atoms with van der Waals surface area (Å²) < 4.78 is 5.17. The van der Waals surface area contributed by atoms with E-state index in [-0.39, 0.29) is 11.9 Å². The second kappa shape index (κ2) is 5.62. The first kappa shape index (κ1) is 13.2. The number of nitrogens with two attached hydrogens (primary N) is 1. The molecule has 3 N–H and O–H groups in total. The van der Waals surface area contributed by atoms with E-state index in [1.807, 2.05) is 30.3 Å². The van der Waals surface area contributed by atoms with Crippen LogP contribution < -0.4 is 11.1 Å². The highest BCUT2D eigenvalue weighted by Crippen LogP contribution is 2.18. The molecule has 6 nitrogen and oxygen atoms in total. The summed E-state index contributed by atoms with van der Waals surface area (Å²) in [5, 5.41) is 6.57. The summed E-state index contributed by atoms with van der Waals surface area (Å²) in [7, 11) is 0. The van der Waals surface area contributed by atoms with Gasteiger partial charge in [-0.3, -0.25) is 4.79 Å². The van der Waals surface area contributed by atoms with Crippen molar-refractivity contribution in [3.8, 4) is 11.5 Å². The Morgan fingerprint density at radius 1 is 1.32 bits per heavy atom. The van der Waals surface area contributed by atoms with Crippen LogP contribution in [0.15, 0.2) is 34.9 Å². The van der Waals surface area contributed by atoms with Gasteiger partial charge in [-0.1, -0.05) is 23.4 Å². The van der Waals surface area contributed by atoms with Gasteiger partial charge in [0, 0.05) is 5.56 Å². The van der Waals surface area contributed by atoms with Crippen LogP contribution >= 0.6 is 0 Å². The molecule has 0 aliphatic rings. The molecule has 1 aromatic heterocycles. The third kappa shape index (κ3) is 3.17. The van der Waals surface area contributed by atoms with Crippen molar-refractivity contribution in [3.63, 3.8) is 0 Å². The fourth-order valence-corrected chi connectivity index (χ4v) is 1.52. The Hall–Kier alpha value is -2.21. The smallest absolute Gasteiger partial charge is 0.257 e. The highest BCUT2D eigenvalue weighted by Gasteiger charge is 2.18. The van der Waals surface area contributed by atoms with Crippen LogP contribution in [0.2, 0.25) is 0 Å². The zero-order chi connectivity index (χ0) is 13.8. The van der Waals surface area contributed by atoms with Gasteiger partial charge in [0.05, 0.1) is 12.1 Å². The van der Waals surface area contributed by atoms with Gasteiger partial charge in [-0.2, -0.15) is 4.98 Å². The van der Waals surface area contributed by atoms with Crippen molar-refractivity contribution in [2.75, 3.05) is 0 Å². The summed E-state index contributed by atoms with van der Waals surface area (Å²) in [6.45, 7) is 3.40. The summed E-state index contributed by atoms with van der Waals surface area (Å²) in [6.07, 6.45) is 0. The van der Waals surface area contributed by atoms with Gasteiger partial charge in [-0.05, 0) is 26.0 Å². The number of nitrogens with zero attached hydrogens (tertiary/aromatic N) is 2. The molecule has 2 aromatic rings. The van der Waals surface area contributed by atoms with E-state index in [9.17, 15) is 4.79 Å². The molecule has 2 atom stereocenters. The first-order valence-corrected chi connectivity index (χ1v) is 6.03. The number of rotatable bonds is 4. The lowest BCUT2D eigenvalue weighted by Crippen LogP contribution is -2.39. The van der Waals surface area contributed by atoms with E-state index in [1.54, 1.807) is 13.8 Å². The molecule has 1 aromatic carbocycles. The number of amides is 1. The normalized spacial score (nSPS) is 13.8. The van der Waals surface area contributed by atoms with Crippen molar-refractivity contribution in [1.29, 1.82) is 0 Å². The molecule has 0 bridgehead atoms. The first-order valence-electron chi connectivity index (χ1n) is 6.03. The van der Waals surface area contributed by atoms with Gasteiger partial charge in [0.25, 0.3) is 5.89 Å². The molecule has 0 spiro atoms. The fourth-order valence-electron chi connectivity index (χ4n) is 1.52. The van der Waals surface area contributed by atoms with Crippen LogP contribution in [0.4, 0.5) is 0 Å². The number of carbonyl (C=O) groups excluding carboxylic acids is 1. The van der Waals surface area contributed by atoms with Crippen LogP contribution in [0.3, 0.4) is 0 Å². The summed E-state index contributed by atoms with van der Waals surface area (Å²) in [5.74, 6) is 0.601. The van der Waals surface area contributed by atoms with Crippen LogP contribution in [0.1, 0.15) is 25.7 Å². The quantitative estimate of drug-likeness (QED) is 0.863. The summed E-state index contributed by atoms with van der Waals surface area (Å²) >= 11 is 0. The molecule has 1 unspecified atom stereocenters. The van der Waals surface area contributed by atoms with Crippen molar-refractivity contribution in [3.05, 3.63) is 36.2 Å². The number of hydrogen-bond acceptors (Lipinski definition) is 5. The predicted molar refractivity (Wildman–Crippen MR) is 69.9 cm³/mol. The molecular formula is C13H16N4O2. The maximum absolute atomic E-state index is 11.5. The zero-order valence-corrected chi connectivity index (χ0v) is 10.8. The lowest BCUT2D eigenvalue weighted by atomic mass is 10.2. The van der Waals surface area contributed by atoms with Crippen molar-refractivity contribution in [2.45, 2.75) is 25.9 Å². The molecule has 0 aliphatic heterocycles. The highest BCUT2D eigenvalue weighted by atomic mass is 16.5. The van der Waals surface area contributed by atoms with Crippen LogP contribution in [-0.4, -0.2) is 22.1 Å². The number of carbonyl (C=O) groups is 1. The Bertz CT molecular complexity index is 551. The van der Waals surface area contributed by atoms with Gasteiger partial charge in [0.1, 0.15) is 0 Å². The predicted octanol–water partition coefficient (Wildman–Crippen LogP) is 1.26. The minimum absolute atomic E-state index is 0.251. The van der Waals surface area contributed by atoms with Crippen molar-refractivity contribution >= 4 is 5.91 Å². The molecule has 0 saturated heterocycles. The molecule has 6 heteroatoms. The minimum atomic E-state index is -0.567. The average molecular weight is 260 g/mol. The molecule has 100 valence electrons. The maximum atomic E-state index is 11.5. The van der Waals surface area contributed by atoms with E-state index in [0.717, 1.165) is 5.56 Å². The summed E-state index contributed by atoms with van der Waals surface area (Å²) in [6, 6.07) is 8.53. The lowest BCUT2D eigenvalue weighted by molar-refractivity contribution is -0.122. The monoisotopic (exact) mass is 260 g/mol. The number of benzene rings is 1. The van der Waals surface area contributed by atoms with E-state index in [0.29, 0.717) is 11.7 Å². The maximum Gasteiger partial charge on any atom is 0.257 e. The van der Waals surface area contributed by atoms with Gasteiger partial charge in [-0.25, -0.2) is 0 Å². The van der Waals surface area contributed by atoms with Crippen LogP contribution in [0, 0.1) is 0 Å². The average Bonchev–Trinajstić information content (AvgIpc) is 2.89. The summed E-state index contributed by atoms with van der Waals surface area (Å²) in [4.78, 5) is 15.7. The van der Waals surface area contributed by atoms with Gasteiger partial charge < -0.3 is 15.6 Å². The van der Waals surface area contributed by atoms with Crippen LogP contribution in [-0.2, 0) is 4.79 Å². The third-order valence-electron chi connectivity index (χ3n) is 2.62. The molecular weight excluding hydrogens is 244 g/mol. The Balaban J connectivity index is 2.11. The van der Waals surface area contributed by atoms with Gasteiger partial charge in [-0.15, -0.1) is 0 Å². The van der Waals surface area contributed by atoms with Gasteiger partial charge in [0.2, 0.25) is 5.91 Å². The third-order valence-corrected chi connectivity index (χ3v) is 2.62. The molecule has 0 aliphatic carbocycles. The summed E-state index contributed by atoms with van der Waals surface area (Å²) in [5.41, 5.74) is 6.32. The fraction of sp³-hybridized carbons (Fsp3) is 0.308. The Morgan fingerprint density at radius 3 is 2.63 bits per heavy atom. The molecule has 1 heterocycles. The van der Waals surface area contributed by atoms with E-state index in [2.05, 4.69) is 15.5 Å². The second-order valence-electron chi connectivity index (χ2n) is 4.34. The molecule has 0 fully saturated rings. The van der Waals surface area contributed by atoms with E-state index < -0.39 is 6.04 Å². The first-order chi connectivity index (χ1) is 9.08. The largest absolute Gasteiger partial charge is 0.345 e. The van der Waals surface area contributed by atoms with E-state index in [4.69, 9.17) is 10.3 Å². The minimum Gasteiger partial charge on any atom is -0.345 e. The number of hydrogen-bond donors (Lipinski definition) is 2. The Morgan fingerprint density at radius 2 is 2.00 bits per heavy atom. The lowest BCUT2D eigenvalue weighted by Gasteiger charge is -2.11. The van der Waals surface area contributed by atoms with Crippen LogP contribution in [0.25, 0.3) is 11.5 Å². The highest BCUT2D eigenvalue weighted by molar-refractivity contribution is 5.81. The van der Waals surface area contributed by atoms with Gasteiger partial charge in [0.15, 0.2) is 5.82 Å². The Labute approximate surface area is 111 Å². The molecule has 0 radical (unpaired) electrons. The van der Waals surface area contributed by atoms with Gasteiger partial charge >= 0.3 is 0 Å². The van der Waals surface area contributed by atoms with E-state index in [1.165, 1.54) is 0 Å². The molecule has 2 rings (SSSR count). The topological polar surface area (TPSA) is 94.0 Å². The zero-order valence-electron chi connectivity index (χ0n) is 10.8.